The molecule has 0 atom stereocenters. The molecule has 120 valence electrons. The Morgan fingerprint density at radius 3 is 2.78 bits per heavy atom. The van der Waals surface area contributed by atoms with Gasteiger partial charge in [0.2, 0.25) is 5.82 Å². The summed E-state index contributed by atoms with van der Waals surface area (Å²) in [7, 11) is 4.06. The number of rotatable bonds is 3. The van der Waals surface area contributed by atoms with Crippen LogP contribution in [-0.2, 0) is 0 Å². The fourth-order valence-electron chi connectivity index (χ4n) is 3.30. The van der Waals surface area contributed by atoms with E-state index in [9.17, 15) is 0 Å². The van der Waals surface area contributed by atoms with Crippen molar-refractivity contribution in [3.05, 3.63) is 18.2 Å². The van der Waals surface area contributed by atoms with Crippen LogP contribution in [0.4, 0.5) is 5.69 Å². The van der Waals surface area contributed by atoms with Crippen molar-refractivity contribution in [2.45, 2.75) is 38.1 Å². The Bertz CT molecular complexity index is 811. The van der Waals surface area contributed by atoms with E-state index in [0.29, 0.717) is 6.04 Å². The van der Waals surface area contributed by atoms with Gasteiger partial charge in [-0.1, -0.05) is 19.3 Å². The predicted octanol–water partition coefficient (Wildman–Crippen LogP) is 2.79. The molecule has 23 heavy (non-hydrogen) atoms. The number of benzene rings is 1. The van der Waals surface area contributed by atoms with E-state index in [-0.39, 0.29) is 0 Å². The second-order valence-electron chi connectivity index (χ2n) is 6.42. The van der Waals surface area contributed by atoms with Crippen LogP contribution >= 0.6 is 0 Å². The molecule has 4 rings (SSSR count). The molecule has 0 unspecified atom stereocenters. The van der Waals surface area contributed by atoms with Crippen molar-refractivity contribution in [2.24, 2.45) is 0 Å². The molecule has 2 aromatic heterocycles. The van der Waals surface area contributed by atoms with Gasteiger partial charge in [-0.25, -0.2) is 9.67 Å². The van der Waals surface area contributed by atoms with Gasteiger partial charge in [0.1, 0.15) is 0 Å². The highest BCUT2D eigenvalue weighted by molar-refractivity contribution is 5.82. The van der Waals surface area contributed by atoms with Crippen LogP contribution in [0, 0.1) is 0 Å². The zero-order chi connectivity index (χ0) is 15.8. The third kappa shape index (κ3) is 2.56. The number of fused-ring (bicyclic) bond motifs is 1. The molecule has 3 aromatic rings. The Balaban J connectivity index is 1.73. The summed E-state index contributed by atoms with van der Waals surface area (Å²) >= 11 is 0. The lowest BCUT2D eigenvalue weighted by Gasteiger charge is -2.21. The standard InChI is InChI=1S/C16H21N7/c1-22(2)12-8-9-13-14(10-12)18-15(17-13)16-19-20-21-23(16)11-6-4-3-5-7-11/h8-11H,3-7H2,1-2H3,(H,17,18). The van der Waals surface area contributed by atoms with Crippen LogP contribution in [0.25, 0.3) is 22.7 Å². The van der Waals surface area contributed by atoms with Crippen LogP contribution in [-0.4, -0.2) is 44.3 Å². The Kier molecular flexibility index (Phi) is 3.48. The monoisotopic (exact) mass is 311 g/mol. The van der Waals surface area contributed by atoms with Crippen LogP contribution in [0.2, 0.25) is 0 Å². The maximum absolute atomic E-state index is 4.67. The van der Waals surface area contributed by atoms with Crippen molar-refractivity contribution in [1.29, 1.82) is 0 Å². The van der Waals surface area contributed by atoms with Crippen molar-refractivity contribution >= 4 is 16.7 Å². The maximum Gasteiger partial charge on any atom is 0.218 e. The van der Waals surface area contributed by atoms with Gasteiger partial charge in [0.25, 0.3) is 0 Å². The average Bonchev–Trinajstić information content (AvgIpc) is 3.21. The highest BCUT2D eigenvalue weighted by atomic mass is 15.6. The molecule has 7 heteroatoms. The minimum absolute atomic E-state index is 0.388. The maximum atomic E-state index is 4.67. The molecule has 0 radical (unpaired) electrons. The van der Waals surface area contributed by atoms with Crippen LogP contribution in [0.1, 0.15) is 38.1 Å². The van der Waals surface area contributed by atoms with E-state index >= 15 is 0 Å². The molecule has 0 aliphatic heterocycles. The van der Waals surface area contributed by atoms with Gasteiger partial charge in [-0.15, -0.1) is 5.10 Å². The Labute approximate surface area is 134 Å². The highest BCUT2D eigenvalue weighted by Crippen LogP contribution is 2.30. The SMILES string of the molecule is CN(C)c1ccc2nc(-c3nnnn3C3CCCCC3)[nH]c2c1. The molecule has 1 fully saturated rings. The number of anilines is 1. The predicted molar refractivity (Wildman–Crippen MR) is 89.4 cm³/mol. The van der Waals surface area contributed by atoms with Crippen molar-refractivity contribution in [3.63, 3.8) is 0 Å². The Morgan fingerprint density at radius 1 is 1.17 bits per heavy atom. The number of imidazole rings is 1. The zero-order valence-corrected chi connectivity index (χ0v) is 13.5. The van der Waals surface area contributed by atoms with Crippen LogP contribution in [0.3, 0.4) is 0 Å². The second kappa shape index (κ2) is 5.64. The van der Waals surface area contributed by atoms with E-state index in [1.807, 2.05) is 24.8 Å². The van der Waals surface area contributed by atoms with Crippen molar-refractivity contribution in [1.82, 2.24) is 30.2 Å². The molecule has 0 bridgehead atoms. The first-order valence-corrected chi connectivity index (χ1v) is 8.18. The molecule has 0 amide bonds. The van der Waals surface area contributed by atoms with E-state index in [0.717, 1.165) is 41.2 Å². The molecule has 1 N–H and O–H groups in total. The van der Waals surface area contributed by atoms with Crippen molar-refractivity contribution in [3.8, 4) is 11.6 Å². The third-order valence-corrected chi connectivity index (χ3v) is 4.61. The molecular formula is C16H21N7. The van der Waals surface area contributed by atoms with Crippen LogP contribution in [0.5, 0.6) is 0 Å². The number of nitrogens with one attached hydrogen (secondary N) is 1. The van der Waals surface area contributed by atoms with Gasteiger partial charge in [0.15, 0.2) is 5.82 Å². The summed E-state index contributed by atoms with van der Waals surface area (Å²) in [5.74, 6) is 1.48. The van der Waals surface area contributed by atoms with Crippen LogP contribution in [0.15, 0.2) is 18.2 Å². The number of aromatic nitrogens is 6. The van der Waals surface area contributed by atoms with Gasteiger partial charge >= 0.3 is 0 Å². The van der Waals surface area contributed by atoms with E-state index < -0.39 is 0 Å². The van der Waals surface area contributed by atoms with E-state index in [4.69, 9.17) is 0 Å². The lowest BCUT2D eigenvalue weighted by Crippen LogP contribution is -2.15. The summed E-state index contributed by atoms with van der Waals surface area (Å²) in [5.41, 5.74) is 3.08. The largest absolute Gasteiger partial charge is 0.378 e. The Morgan fingerprint density at radius 2 is 2.00 bits per heavy atom. The highest BCUT2D eigenvalue weighted by Gasteiger charge is 2.22. The minimum atomic E-state index is 0.388. The quantitative estimate of drug-likeness (QED) is 0.805. The van der Waals surface area contributed by atoms with Gasteiger partial charge in [0.05, 0.1) is 17.1 Å². The van der Waals surface area contributed by atoms with E-state index in [2.05, 4.69) is 42.5 Å². The van der Waals surface area contributed by atoms with Gasteiger partial charge < -0.3 is 9.88 Å². The zero-order valence-electron chi connectivity index (χ0n) is 13.5. The van der Waals surface area contributed by atoms with E-state index in [1.54, 1.807) is 0 Å². The summed E-state index contributed by atoms with van der Waals surface area (Å²) in [5, 5.41) is 12.3. The summed E-state index contributed by atoms with van der Waals surface area (Å²) in [6.45, 7) is 0. The first kappa shape index (κ1) is 14.2. The first-order chi connectivity index (χ1) is 11.2. The number of hydrogen-bond donors (Lipinski definition) is 1. The van der Waals surface area contributed by atoms with Crippen LogP contribution < -0.4 is 4.90 Å². The minimum Gasteiger partial charge on any atom is -0.378 e. The molecule has 0 saturated heterocycles. The third-order valence-electron chi connectivity index (χ3n) is 4.61. The molecular weight excluding hydrogens is 290 g/mol. The van der Waals surface area contributed by atoms with Gasteiger partial charge in [-0.3, -0.25) is 0 Å². The lowest BCUT2D eigenvalue weighted by molar-refractivity contribution is 0.326. The number of aromatic amines is 1. The Hall–Kier alpha value is -2.44. The summed E-state index contributed by atoms with van der Waals surface area (Å²) in [6, 6.07) is 6.58. The smallest absolute Gasteiger partial charge is 0.218 e. The number of H-pyrrole nitrogens is 1. The topological polar surface area (TPSA) is 75.5 Å². The van der Waals surface area contributed by atoms with Gasteiger partial charge in [0, 0.05) is 19.8 Å². The lowest BCUT2D eigenvalue weighted by atomic mass is 9.95. The molecule has 1 aromatic carbocycles. The molecule has 1 aliphatic carbocycles. The molecule has 1 aliphatic rings. The normalized spacial score (nSPS) is 16.1. The van der Waals surface area contributed by atoms with Crippen molar-refractivity contribution in [2.75, 3.05) is 19.0 Å². The molecule has 1 saturated carbocycles. The van der Waals surface area contributed by atoms with Crippen molar-refractivity contribution < 1.29 is 0 Å². The second-order valence-corrected chi connectivity index (χ2v) is 6.42. The number of tetrazole rings is 1. The summed E-state index contributed by atoms with van der Waals surface area (Å²) in [4.78, 5) is 10.1. The summed E-state index contributed by atoms with van der Waals surface area (Å²) in [6.07, 6.45) is 6.09. The molecule has 2 heterocycles. The first-order valence-electron chi connectivity index (χ1n) is 8.18. The number of nitrogens with zero attached hydrogens (tertiary/aromatic N) is 6. The summed E-state index contributed by atoms with van der Waals surface area (Å²) < 4.78 is 1.95. The molecule has 0 spiro atoms. The van der Waals surface area contributed by atoms with Gasteiger partial charge in [-0.2, -0.15) is 0 Å². The van der Waals surface area contributed by atoms with Gasteiger partial charge in [-0.05, 0) is 41.5 Å². The van der Waals surface area contributed by atoms with E-state index in [1.165, 1.54) is 19.3 Å². The number of hydrogen-bond acceptors (Lipinski definition) is 5. The molecule has 7 nitrogen and oxygen atoms in total. The average molecular weight is 311 g/mol. The fourth-order valence-corrected chi connectivity index (χ4v) is 3.30. The fraction of sp³-hybridized carbons (Fsp3) is 0.500.